The summed E-state index contributed by atoms with van der Waals surface area (Å²) in [7, 11) is 0. The summed E-state index contributed by atoms with van der Waals surface area (Å²) in [6, 6.07) is 10.6. The van der Waals surface area contributed by atoms with Crippen LogP contribution in [0.15, 0.2) is 48.5 Å². The fraction of sp³-hybridized carbons (Fsp3) is 0.250. The molecule has 31 heavy (non-hydrogen) atoms. The van der Waals surface area contributed by atoms with E-state index in [4.69, 9.17) is 11.6 Å². The van der Waals surface area contributed by atoms with Gasteiger partial charge in [-0.1, -0.05) is 41.9 Å². The third-order valence-corrected chi connectivity index (χ3v) is 4.67. The number of carboxylic acids is 1. The number of benzene rings is 2. The van der Waals surface area contributed by atoms with Gasteiger partial charge in [0.15, 0.2) is 0 Å². The first kappa shape index (κ1) is 24.2. The lowest BCUT2D eigenvalue weighted by molar-refractivity contribution is -0.242. The molecule has 2 aromatic rings. The Morgan fingerprint density at radius 2 is 1.71 bits per heavy atom. The molecule has 0 fully saturated rings. The zero-order valence-corrected chi connectivity index (χ0v) is 16.8. The zero-order valence-electron chi connectivity index (χ0n) is 16.0. The predicted octanol–water partition coefficient (Wildman–Crippen LogP) is 3.02. The van der Waals surface area contributed by atoms with E-state index in [1.54, 1.807) is 30.3 Å². The van der Waals surface area contributed by atoms with Crippen molar-refractivity contribution in [2.45, 2.75) is 31.2 Å². The molecule has 2 rings (SSSR count). The number of carboxylic acid groups (broad SMARTS) is 1. The van der Waals surface area contributed by atoms with Gasteiger partial charge in [0.1, 0.15) is 6.04 Å². The SMILES string of the molecule is CC(O)(C(=O)Nc1ccc(C(=O)N[C@@H](Cc2ccccc2)C(=O)O)cc1Cl)C(F)(F)F. The lowest BCUT2D eigenvalue weighted by Gasteiger charge is -2.25. The molecule has 0 saturated heterocycles. The van der Waals surface area contributed by atoms with E-state index in [1.807, 2.05) is 5.32 Å². The van der Waals surface area contributed by atoms with Crippen LogP contribution in [-0.4, -0.2) is 45.8 Å². The first-order valence-corrected chi connectivity index (χ1v) is 9.18. The van der Waals surface area contributed by atoms with Crippen molar-refractivity contribution < 1.29 is 37.8 Å². The zero-order chi connectivity index (χ0) is 23.4. The Labute approximate surface area is 179 Å². The Morgan fingerprint density at radius 3 is 2.23 bits per heavy atom. The molecular formula is C20H18ClF3N2O5. The van der Waals surface area contributed by atoms with Crippen molar-refractivity contribution in [3.8, 4) is 0 Å². The topological polar surface area (TPSA) is 116 Å². The number of aliphatic carboxylic acids is 1. The van der Waals surface area contributed by atoms with Crippen molar-refractivity contribution in [3.63, 3.8) is 0 Å². The van der Waals surface area contributed by atoms with E-state index in [2.05, 4.69) is 5.32 Å². The summed E-state index contributed by atoms with van der Waals surface area (Å²) in [5.41, 5.74) is -3.32. The lowest BCUT2D eigenvalue weighted by atomic mass is 10.0. The summed E-state index contributed by atoms with van der Waals surface area (Å²) in [5.74, 6) is -3.81. The van der Waals surface area contributed by atoms with E-state index in [-0.39, 0.29) is 29.6 Å². The van der Waals surface area contributed by atoms with Crippen LogP contribution in [0, 0.1) is 0 Å². The third kappa shape index (κ3) is 5.96. The number of aliphatic hydroxyl groups is 1. The minimum absolute atomic E-state index is 0.0241. The fourth-order valence-electron chi connectivity index (χ4n) is 2.42. The van der Waals surface area contributed by atoms with Gasteiger partial charge in [0.2, 0.25) is 5.60 Å². The average Bonchev–Trinajstić information content (AvgIpc) is 2.68. The molecule has 0 radical (unpaired) electrons. The second kappa shape index (κ2) is 9.36. The van der Waals surface area contributed by atoms with Gasteiger partial charge in [0, 0.05) is 12.0 Å². The van der Waals surface area contributed by atoms with Crippen LogP contribution in [-0.2, 0) is 16.0 Å². The molecule has 2 amide bonds. The highest BCUT2D eigenvalue weighted by molar-refractivity contribution is 6.34. The van der Waals surface area contributed by atoms with Crippen LogP contribution in [0.2, 0.25) is 5.02 Å². The smallest absolute Gasteiger partial charge is 0.426 e. The van der Waals surface area contributed by atoms with Crippen LogP contribution in [0.5, 0.6) is 0 Å². The van der Waals surface area contributed by atoms with Gasteiger partial charge in [-0.3, -0.25) is 9.59 Å². The summed E-state index contributed by atoms with van der Waals surface area (Å²) < 4.78 is 38.3. The van der Waals surface area contributed by atoms with E-state index in [9.17, 15) is 37.8 Å². The summed E-state index contributed by atoms with van der Waals surface area (Å²) >= 11 is 5.94. The molecule has 7 nitrogen and oxygen atoms in total. The van der Waals surface area contributed by atoms with Gasteiger partial charge in [-0.2, -0.15) is 13.2 Å². The lowest BCUT2D eigenvalue weighted by Crippen LogP contribution is -2.52. The van der Waals surface area contributed by atoms with Gasteiger partial charge in [0.25, 0.3) is 11.8 Å². The van der Waals surface area contributed by atoms with Gasteiger partial charge < -0.3 is 20.8 Å². The van der Waals surface area contributed by atoms with Crippen LogP contribution in [0.1, 0.15) is 22.8 Å². The predicted molar refractivity (Wildman–Crippen MR) is 106 cm³/mol. The van der Waals surface area contributed by atoms with Crippen LogP contribution >= 0.6 is 11.6 Å². The normalized spacial score (nSPS) is 14.3. The molecule has 4 N–H and O–H groups in total. The number of anilines is 1. The molecule has 0 aromatic heterocycles. The quantitative estimate of drug-likeness (QED) is 0.509. The minimum atomic E-state index is -5.21. The largest absolute Gasteiger partial charge is 0.480 e. The maximum Gasteiger partial charge on any atom is 0.426 e. The molecule has 1 unspecified atom stereocenters. The van der Waals surface area contributed by atoms with Crippen molar-refractivity contribution in [2.75, 3.05) is 5.32 Å². The van der Waals surface area contributed by atoms with Crippen molar-refractivity contribution in [1.29, 1.82) is 0 Å². The Bertz CT molecular complexity index is 981. The number of rotatable bonds is 7. The molecule has 0 aliphatic heterocycles. The van der Waals surface area contributed by atoms with E-state index in [1.165, 1.54) is 0 Å². The molecule has 0 saturated carbocycles. The van der Waals surface area contributed by atoms with Crippen LogP contribution < -0.4 is 10.6 Å². The molecule has 166 valence electrons. The number of alkyl halides is 3. The molecule has 0 bridgehead atoms. The molecule has 0 heterocycles. The van der Waals surface area contributed by atoms with E-state index < -0.39 is 35.6 Å². The summed E-state index contributed by atoms with van der Waals surface area (Å²) in [4.78, 5) is 35.7. The van der Waals surface area contributed by atoms with Gasteiger partial charge in [0.05, 0.1) is 10.7 Å². The average molecular weight is 459 g/mol. The summed E-state index contributed by atoms with van der Waals surface area (Å²) in [5, 5.41) is 22.7. The Morgan fingerprint density at radius 1 is 1.10 bits per heavy atom. The third-order valence-electron chi connectivity index (χ3n) is 4.36. The monoisotopic (exact) mass is 458 g/mol. The van der Waals surface area contributed by atoms with Gasteiger partial charge in [-0.15, -0.1) is 0 Å². The molecule has 2 atom stereocenters. The highest BCUT2D eigenvalue weighted by Crippen LogP contribution is 2.32. The van der Waals surface area contributed by atoms with Crippen molar-refractivity contribution >= 4 is 35.1 Å². The van der Waals surface area contributed by atoms with E-state index in [0.29, 0.717) is 5.56 Å². The van der Waals surface area contributed by atoms with Crippen LogP contribution in [0.25, 0.3) is 0 Å². The molecule has 0 aliphatic rings. The van der Waals surface area contributed by atoms with Gasteiger partial charge in [-0.25, -0.2) is 4.79 Å². The number of hydrogen-bond donors (Lipinski definition) is 4. The summed E-state index contributed by atoms with van der Waals surface area (Å²) in [6.07, 6.45) is -5.19. The van der Waals surface area contributed by atoms with Crippen molar-refractivity contribution in [3.05, 3.63) is 64.7 Å². The number of amides is 2. The maximum absolute atomic E-state index is 12.8. The van der Waals surface area contributed by atoms with Crippen LogP contribution in [0.3, 0.4) is 0 Å². The highest BCUT2D eigenvalue weighted by Gasteiger charge is 2.55. The van der Waals surface area contributed by atoms with Gasteiger partial charge >= 0.3 is 12.1 Å². The second-order valence-electron chi connectivity index (χ2n) is 6.77. The molecule has 0 aliphatic carbocycles. The number of halogens is 4. The number of nitrogens with one attached hydrogen (secondary N) is 2. The number of carbonyl (C=O) groups excluding carboxylic acids is 2. The molecule has 0 spiro atoms. The fourth-order valence-corrected chi connectivity index (χ4v) is 2.65. The Hall–Kier alpha value is -3.11. The Kier molecular flexibility index (Phi) is 7.29. The standard InChI is InChI=1S/C20H18ClF3N2O5/c1-19(31,20(22,23)24)18(30)26-14-8-7-12(10-13(14)21)16(27)25-15(17(28)29)9-11-5-3-2-4-6-11/h2-8,10,15,31H,9H2,1H3,(H,25,27)(H,26,30)(H,28,29)/t15-,19?/m0/s1. The maximum atomic E-state index is 12.8. The minimum Gasteiger partial charge on any atom is -0.480 e. The van der Waals surface area contributed by atoms with E-state index in [0.717, 1.165) is 18.2 Å². The highest BCUT2D eigenvalue weighted by atomic mass is 35.5. The molecular weight excluding hydrogens is 441 g/mol. The first-order chi connectivity index (χ1) is 14.3. The van der Waals surface area contributed by atoms with Crippen molar-refractivity contribution in [2.24, 2.45) is 0 Å². The molecule has 11 heteroatoms. The van der Waals surface area contributed by atoms with Crippen molar-refractivity contribution in [1.82, 2.24) is 5.32 Å². The van der Waals surface area contributed by atoms with E-state index >= 15 is 0 Å². The van der Waals surface area contributed by atoms with Crippen LogP contribution in [0.4, 0.5) is 18.9 Å². The number of carbonyl (C=O) groups is 3. The Balaban J connectivity index is 2.13. The second-order valence-corrected chi connectivity index (χ2v) is 7.18. The molecule has 2 aromatic carbocycles. The summed E-state index contributed by atoms with van der Waals surface area (Å²) in [6.45, 7) is 0.289. The van der Waals surface area contributed by atoms with Gasteiger partial charge in [-0.05, 0) is 30.7 Å². The number of hydrogen-bond acceptors (Lipinski definition) is 4. The first-order valence-electron chi connectivity index (χ1n) is 8.80.